The molecule has 2 saturated heterocycles. The molecule has 0 bridgehead atoms. The molecule has 204 valence electrons. The van der Waals surface area contributed by atoms with E-state index in [1.165, 1.54) is 7.11 Å². The second-order valence-corrected chi connectivity index (χ2v) is 11.1. The number of carbonyl (C=O) groups excluding carboxylic acids is 4. The van der Waals surface area contributed by atoms with Crippen molar-refractivity contribution >= 4 is 57.6 Å². The maximum atomic E-state index is 13.8. The van der Waals surface area contributed by atoms with Gasteiger partial charge in [0.25, 0.3) is 5.91 Å². The van der Waals surface area contributed by atoms with E-state index < -0.39 is 36.3 Å². The van der Waals surface area contributed by atoms with E-state index in [0.29, 0.717) is 36.2 Å². The number of ether oxygens (including phenoxy) is 1. The van der Waals surface area contributed by atoms with Crippen molar-refractivity contribution in [1.29, 1.82) is 0 Å². The highest BCUT2D eigenvalue weighted by atomic mass is 35.5. The summed E-state index contributed by atoms with van der Waals surface area (Å²) in [4.78, 5) is 56.7. The van der Waals surface area contributed by atoms with Crippen molar-refractivity contribution in [2.75, 3.05) is 26.8 Å². The average molecular weight is 565 g/mol. The first-order valence-electron chi connectivity index (χ1n) is 12.8. The van der Waals surface area contributed by atoms with Crippen LogP contribution in [0.5, 0.6) is 5.75 Å². The van der Waals surface area contributed by atoms with Crippen molar-refractivity contribution in [3.63, 3.8) is 0 Å². The van der Waals surface area contributed by atoms with E-state index in [0.717, 1.165) is 19.3 Å². The standard InChI is InChI=1S/C26H30Cl2N4O6/c1-38-20-9-16(27)21(28)22-15(20)8-18(30-22)26(37)32-10-13-3-2-4-14(13)23(32)25(36)31-17(19(34)11-33)7-12-5-6-29-24(12)35/h8-9,12-14,17,23,30,33H,2-7,10-11H2,1H3,(H,29,35)(H,31,36)/t12-,13-,14-,17?,23-/m0/s1. The van der Waals surface area contributed by atoms with Gasteiger partial charge in [-0.15, -0.1) is 0 Å². The van der Waals surface area contributed by atoms with Gasteiger partial charge in [-0.1, -0.05) is 29.6 Å². The Kier molecular flexibility index (Phi) is 7.57. The zero-order valence-corrected chi connectivity index (χ0v) is 22.4. The first-order valence-corrected chi connectivity index (χ1v) is 13.6. The van der Waals surface area contributed by atoms with Gasteiger partial charge in [0, 0.05) is 30.5 Å². The van der Waals surface area contributed by atoms with Gasteiger partial charge in [-0.3, -0.25) is 19.2 Å². The molecule has 1 unspecified atom stereocenters. The summed E-state index contributed by atoms with van der Waals surface area (Å²) in [7, 11) is 1.49. The first-order chi connectivity index (χ1) is 18.2. The van der Waals surface area contributed by atoms with Crippen molar-refractivity contribution in [2.45, 2.75) is 44.2 Å². The number of halogens is 2. The number of likely N-dealkylation sites (tertiary alicyclic amines) is 1. The summed E-state index contributed by atoms with van der Waals surface area (Å²) < 4.78 is 5.41. The summed E-state index contributed by atoms with van der Waals surface area (Å²) in [6, 6.07) is 1.41. The third kappa shape index (κ3) is 4.74. The minimum atomic E-state index is -1.02. The smallest absolute Gasteiger partial charge is 0.271 e. The molecule has 2 aromatic rings. The number of aromatic amines is 1. The normalized spacial score (nSPS) is 25.4. The Morgan fingerprint density at radius 3 is 2.71 bits per heavy atom. The summed E-state index contributed by atoms with van der Waals surface area (Å²) in [5.74, 6) is -1.40. The molecular formula is C26H30Cl2N4O6. The number of nitrogens with zero attached hydrogens (tertiary/aromatic N) is 1. The van der Waals surface area contributed by atoms with Crippen LogP contribution in [-0.4, -0.2) is 77.4 Å². The molecule has 3 fully saturated rings. The van der Waals surface area contributed by atoms with Crippen molar-refractivity contribution < 1.29 is 29.0 Å². The molecule has 1 aliphatic carbocycles. The van der Waals surface area contributed by atoms with Gasteiger partial charge in [0.1, 0.15) is 24.1 Å². The predicted octanol–water partition coefficient (Wildman–Crippen LogP) is 2.30. The Balaban J connectivity index is 1.42. The predicted molar refractivity (Wildman–Crippen MR) is 140 cm³/mol. The fourth-order valence-electron chi connectivity index (χ4n) is 6.28. The number of nitrogens with one attached hydrogen (secondary N) is 3. The highest BCUT2D eigenvalue weighted by Gasteiger charge is 2.50. The van der Waals surface area contributed by atoms with Gasteiger partial charge in [0.2, 0.25) is 11.8 Å². The number of aromatic nitrogens is 1. The lowest BCUT2D eigenvalue weighted by molar-refractivity contribution is -0.133. The van der Waals surface area contributed by atoms with Crippen LogP contribution in [0.15, 0.2) is 12.1 Å². The Bertz CT molecular complexity index is 1300. The number of fused-ring (bicyclic) bond motifs is 2. The van der Waals surface area contributed by atoms with Gasteiger partial charge < -0.3 is 30.4 Å². The number of hydrogen-bond donors (Lipinski definition) is 4. The Hall–Kier alpha value is -2.82. The molecule has 2 aliphatic heterocycles. The fraction of sp³-hybridized carbons (Fsp3) is 0.538. The molecule has 3 amide bonds. The van der Waals surface area contributed by atoms with Crippen LogP contribution in [0.25, 0.3) is 10.9 Å². The van der Waals surface area contributed by atoms with Gasteiger partial charge in [-0.05, 0) is 43.6 Å². The lowest BCUT2D eigenvalue weighted by Crippen LogP contribution is -2.53. The number of H-pyrrole nitrogens is 1. The van der Waals surface area contributed by atoms with E-state index in [2.05, 4.69) is 15.6 Å². The number of Topliss-reactive ketones (excluding diaryl/α,β-unsaturated/α-hetero) is 1. The SMILES string of the molecule is COc1cc(Cl)c(Cl)c2[nH]c(C(=O)N3C[C@@H]4CCC[C@@H]4[C@H]3C(=O)NC(C[C@@H]3CCNC3=O)C(=O)CO)cc12. The zero-order chi connectivity index (χ0) is 27.1. The van der Waals surface area contributed by atoms with Crippen LogP contribution >= 0.6 is 23.2 Å². The Labute approximate surface area is 229 Å². The summed E-state index contributed by atoms with van der Waals surface area (Å²) in [6.07, 6.45) is 3.31. The second kappa shape index (κ2) is 10.7. The number of aliphatic hydroxyl groups excluding tert-OH is 1. The van der Waals surface area contributed by atoms with E-state index in [-0.39, 0.29) is 45.8 Å². The Morgan fingerprint density at radius 1 is 1.24 bits per heavy atom. The topological polar surface area (TPSA) is 141 Å². The number of carbonyl (C=O) groups is 4. The molecule has 5 rings (SSSR count). The highest BCUT2D eigenvalue weighted by Crippen LogP contribution is 2.43. The van der Waals surface area contributed by atoms with Crippen molar-refractivity contribution in [2.24, 2.45) is 17.8 Å². The third-order valence-corrected chi connectivity index (χ3v) is 8.97. The lowest BCUT2D eigenvalue weighted by atomic mass is 9.92. The number of methoxy groups -OCH3 is 1. The molecule has 0 spiro atoms. The van der Waals surface area contributed by atoms with Crippen molar-refractivity contribution in [1.82, 2.24) is 20.5 Å². The summed E-state index contributed by atoms with van der Waals surface area (Å²) in [5, 5.41) is 16.2. The number of ketones is 1. The molecule has 3 aliphatic rings. The molecule has 3 heterocycles. The third-order valence-electron chi connectivity index (χ3n) is 8.18. The number of benzene rings is 1. The van der Waals surface area contributed by atoms with E-state index in [1.807, 2.05) is 0 Å². The number of aliphatic hydroxyl groups is 1. The van der Waals surface area contributed by atoms with Gasteiger partial charge in [-0.25, -0.2) is 0 Å². The molecule has 1 saturated carbocycles. The van der Waals surface area contributed by atoms with Crippen molar-refractivity contribution in [3.8, 4) is 5.75 Å². The second-order valence-electron chi connectivity index (χ2n) is 10.3. The van der Waals surface area contributed by atoms with Crippen molar-refractivity contribution in [3.05, 3.63) is 27.9 Å². The molecule has 1 aromatic heterocycles. The van der Waals surface area contributed by atoms with Crippen LogP contribution in [0, 0.1) is 17.8 Å². The van der Waals surface area contributed by atoms with Crippen LogP contribution in [-0.2, 0) is 14.4 Å². The monoisotopic (exact) mass is 564 g/mol. The zero-order valence-electron chi connectivity index (χ0n) is 20.9. The summed E-state index contributed by atoms with van der Waals surface area (Å²) >= 11 is 12.6. The van der Waals surface area contributed by atoms with E-state index >= 15 is 0 Å². The van der Waals surface area contributed by atoms with Gasteiger partial charge >= 0.3 is 0 Å². The summed E-state index contributed by atoms with van der Waals surface area (Å²) in [5.41, 5.74) is 0.703. The number of rotatable bonds is 8. The molecule has 12 heteroatoms. The molecule has 1 aromatic carbocycles. The van der Waals surface area contributed by atoms with Crippen LogP contribution in [0.4, 0.5) is 0 Å². The Morgan fingerprint density at radius 2 is 2.03 bits per heavy atom. The average Bonchev–Trinajstić information content (AvgIpc) is 3.69. The molecule has 4 N–H and O–H groups in total. The van der Waals surface area contributed by atoms with Crippen LogP contribution in [0.2, 0.25) is 10.0 Å². The van der Waals surface area contributed by atoms with E-state index in [4.69, 9.17) is 27.9 Å². The molecule has 0 radical (unpaired) electrons. The van der Waals surface area contributed by atoms with Crippen LogP contribution in [0.3, 0.4) is 0 Å². The highest BCUT2D eigenvalue weighted by molar-refractivity contribution is 6.45. The lowest BCUT2D eigenvalue weighted by Gasteiger charge is -2.29. The molecule has 38 heavy (non-hydrogen) atoms. The largest absolute Gasteiger partial charge is 0.496 e. The summed E-state index contributed by atoms with van der Waals surface area (Å²) in [6.45, 7) is 0.168. The minimum absolute atomic E-state index is 0.0458. The molecular weight excluding hydrogens is 535 g/mol. The number of amides is 3. The minimum Gasteiger partial charge on any atom is -0.496 e. The molecule has 10 nitrogen and oxygen atoms in total. The fourth-order valence-corrected chi connectivity index (χ4v) is 6.68. The quantitative estimate of drug-likeness (QED) is 0.387. The molecule has 5 atom stereocenters. The van der Waals surface area contributed by atoms with Crippen LogP contribution < -0.4 is 15.4 Å². The van der Waals surface area contributed by atoms with Gasteiger partial charge in [0.15, 0.2) is 5.78 Å². The number of hydrogen-bond acceptors (Lipinski definition) is 6. The van der Waals surface area contributed by atoms with Gasteiger partial charge in [-0.2, -0.15) is 0 Å². The maximum Gasteiger partial charge on any atom is 0.271 e. The van der Waals surface area contributed by atoms with E-state index in [1.54, 1.807) is 17.0 Å². The van der Waals surface area contributed by atoms with Crippen LogP contribution in [0.1, 0.15) is 42.6 Å². The maximum absolute atomic E-state index is 13.8. The van der Waals surface area contributed by atoms with Gasteiger partial charge in [0.05, 0.1) is 28.7 Å². The first kappa shape index (κ1) is 26.8. The van der Waals surface area contributed by atoms with E-state index in [9.17, 15) is 24.3 Å².